The number of benzene rings is 1. The molecule has 1 aliphatic carbocycles. The lowest BCUT2D eigenvalue weighted by atomic mass is 9.64. The Balaban J connectivity index is 0.00000261. The first-order valence-corrected chi connectivity index (χ1v) is 9.80. The van der Waals surface area contributed by atoms with Gasteiger partial charge in [-0.1, -0.05) is 18.6 Å². The number of hydrogen-bond donors (Lipinski definition) is 2. The second-order valence-corrected chi connectivity index (χ2v) is 7.22. The molecule has 2 N–H and O–H groups in total. The molecule has 1 aliphatic heterocycles. The SMILES string of the molecule is CCNC(=NCC1(c2ccc(F)cc2)CCC1)NCCN1CCOCC1.I. The molecule has 0 amide bonds. The minimum atomic E-state index is -0.176. The van der Waals surface area contributed by atoms with Gasteiger partial charge < -0.3 is 15.4 Å². The fourth-order valence-corrected chi connectivity index (χ4v) is 3.67. The van der Waals surface area contributed by atoms with E-state index in [2.05, 4.69) is 22.5 Å². The van der Waals surface area contributed by atoms with Crippen molar-refractivity contribution in [1.29, 1.82) is 0 Å². The number of rotatable bonds is 7. The van der Waals surface area contributed by atoms with Gasteiger partial charge in [-0.05, 0) is 37.5 Å². The summed E-state index contributed by atoms with van der Waals surface area (Å²) in [7, 11) is 0. The Bertz CT molecular complexity index is 586. The summed E-state index contributed by atoms with van der Waals surface area (Å²) in [5.41, 5.74) is 1.28. The third-order valence-electron chi connectivity index (χ3n) is 5.48. The van der Waals surface area contributed by atoms with E-state index in [1.165, 1.54) is 12.0 Å². The van der Waals surface area contributed by atoms with Gasteiger partial charge in [0.2, 0.25) is 0 Å². The van der Waals surface area contributed by atoms with Crippen molar-refractivity contribution in [1.82, 2.24) is 15.5 Å². The Morgan fingerprint density at radius 3 is 2.48 bits per heavy atom. The summed E-state index contributed by atoms with van der Waals surface area (Å²) in [5.74, 6) is 0.694. The number of nitrogens with zero attached hydrogens (tertiary/aromatic N) is 2. The van der Waals surface area contributed by atoms with Gasteiger partial charge in [0.05, 0.1) is 19.8 Å². The van der Waals surface area contributed by atoms with Gasteiger partial charge >= 0.3 is 0 Å². The van der Waals surface area contributed by atoms with Crippen molar-refractivity contribution in [2.45, 2.75) is 31.6 Å². The molecule has 0 bridgehead atoms. The Labute approximate surface area is 179 Å². The molecular weight excluding hydrogens is 458 g/mol. The maximum absolute atomic E-state index is 13.2. The highest BCUT2D eigenvalue weighted by molar-refractivity contribution is 14.0. The molecule has 5 nitrogen and oxygen atoms in total. The van der Waals surface area contributed by atoms with Crippen LogP contribution in [-0.4, -0.2) is 63.3 Å². The van der Waals surface area contributed by atoms with Gasteiger partial charge in [0.25, 0.3) is 0 Å². The minimum absolute atomic E-state index is 0. The second-order valence-electron chi connectivity index (χ2n) is 7.22. The van der Waals surface area contributed by atoms with Gasteiger partial charge in [-0.25, -0.2) is 4.39 Å². The summed E-state index contributed by atoms with van der Waals surface area (Å²) in [4.78, 5) is 7.26. The molecule has 1 heterocycles. The van der Waals surface area contributed by atoms with Crippen LogP contribution in [0.25, 0.3) is 0 Å². The summed E-state index contributed by atoms with van der Waals surface area (Å²) in [6, 6.07) is 6.96. The smallest absolute Gasteiger partial charge is 0.191 e. The van der Waals surface area contributed by atoms with Gasteiger partial charge in [0.1, 0.15) is 5.82 Å². The average Bonchev–Trinajstić information content (AvgIpc) is 2.63. The summed E-state index contributed by atoms with van der Waals surface area (Å²) in [6.45, 7) is 9.19. The summed E-state index contributed by atoms with van der Waals surface area (Å²) >= 11 is 0. The first-order valence-electron chi connectivity index (χ1n) is 9.80. The molecule has 27 heavy (non-hydrogen) atoms. The number of halogens is 2. The summed E-state index contributed by atoms with van der Waals surface area (Å²) in [6.07, 6.45) is 3.46. The minimum Gasteiger partial charge on any atom is -0.379 e. The lowest BCUT2D eigenvalue weighted by molar-refractivity contribution is 0.0389. The van der Waals surface area contributed by atoms with Crippen molar-refractivity contribution < 1.29 is 9.13 Å². The molecule has 152 valence electrons. The first kappa shape index (κ1) is 22.4. The van der Waals surface area contributed by atoms with Crippen LogP contribution in [0.4, 0.5) is 4.39 Å². The van der Waals surface area contributed by atoms with Crippen LogP contribution in [0.3, 0.4) is 0 Å². The molecular formula is C20H32FIN4O. The zero-order valence-corrected chi connectivity index (χ0v) is 18.5. The van der Waals surface area contributed by atoms with E-state index in [9.17, 15) is 4.39 Å². The Hall–Kier alpha value is -0.930. The van der Waals surface area contributed by atoms with E-state index < -0.39 is 0 Å². The van der Waals surface area contributed by atoms with Crippen LogP contribution in [0.5, 0.6) is 0 Å². The molecule has 3 rings (SSSR count). The average molecular weight is 490 g/mol. The van der Waals surface area contributed by atoms with Crippen LogP contribution in [0.1, 0.15) is 31.7 Å². The highest BCUT2D eigenvalue weighted by atomic mass is 127. The van der Waals surface area contributed by atoms with Crippen LogP contribution in [0, 0.1) is 5.82 Å². The molecule has 0 aromatic heterocycles. The first-order chi connectivity index (χ1) is 12.7. The van der Waals surface area contributed by atoms with E-state index in [4.69, 9.17) is 9.73 Å². The third-order valence-corrected chi connectivity index (χ3v) is 5.48. The third kappa shape index (κ3) is 6.29. The zero-order valence-electron chi connectivity index (χ0n) is 16.2. The molecule has 1 saturated heterocycles. The molecule has 0 radical (unpaired) electrons. The maximum Gasteiger partial charge on any atom is 0.191 e. The highest BCUT2D eigenvalue weighted by Crippen LogP contribution is 2.44. The Morgan fingerprint density at radius 2 is 1.89 bits per heavy atom. The van der Waals surface area contributed by atoms with Crippen molar-refractivity contribution >= 4 is 29.9 Å². The number of hydrogen-bond acceptors (Lipinski definition) is 3. The highest BCUT2D eigenvalue weighted by Gasteiger charge is 2.38. The molecule has 0 spiro atoms. The van der Waals surface area contributed by atoms with Crippen molar-refractivity contribution in [2.24, 2.45) is 4.99 Å². The monoisotopic (exact) mass is 490 g/mol. The maximum atomic E-state index is 13.2. The quantitative estimate of drug-likeness (QED) is 0.351. The van der Waals surface area contributed by atoms with E-state index in [0.717, 1.165) is 71.3 Å². The van der Waals surface area contributed by atoms with Gasteiger partial charge in [-0.15, -0.1) is 24.0 Å². The van der Waals surface area contributed by atoms with E-state index in [0.29, 0.717) is 0 Å². The zero-order chi connectivity index (χ0) is 18.2. The Morgan fingerprint density at radius 1 is 1.19 bits per heavy atom. The fourth-order valence-electron chi connectivity index (χ4n) is 3.67. The molecule has 1 saturated carbocycles. The van der Waals surface area contributed by atoms with E-state index in [1.54, 1.807) is 12.1 Å². The van der Waals surface area contributed by atoms with Crippen molar-refractivity contribution in [3.05, 3.63) is 35.6 Å². The van der Waals surface area contributed by atoms with Crippen molar-refractivity contribution in [3.63, 3.8) is 0 Å². The molecule has 1 aromatic carbocycles. The number of morpholine rings is 1. The largest absolute Gasteiger partial charge is 0.379 e. The molecule has 1 aromatic rings. The van der Waals surface area contributed by atoms with E-state index in [1.807, 2.05) is 12.1 Å². The predicted molar refractivity (Wildman–Crippen MR) is 119 cm³/mol. The molecule has 2 aliphatic rings. The van der Waals surface area contributed by atoms with Crippen LogP contribution in [-0.2, 0) is 10.2 Å². The molecule has 0 atom stereocenters. The number of guanidine groups is 1. The summed E-state index contributed by atoms with van der Waals surface area (Å²) in [5, 5.41) is 6.78. The standard InChI is InChI=1S/C20H31FN4O.HI/c1-2-22-19(23-10-11-25-12-14-26-15-13-25)24-16-20(8-3-9-20)17-4-6-18(21)7-5-17;/h4-7H,2-3,8-16H2,1H3,(H2,22,23,24);1H. The van der Waals surface area contributed by atoms with Crippen LogP contribution < -0.4 is 10.6 Å². The lowest BCUT2D eigenvalue weighted by Crippen LogP contribution is -2.45. The molecule has 7 heteroatoms. The Kier molecular flexibility index (Phi) is 9.25. The number of nitrogens with one attached hydrogen (secondary N) is 2. The van der Waals surface area contributed by atoms with Gasteiger partial charge in [0.15, 0.2) is 5.96 Å². The van der Waals surface area contributed by atoms with Crippen molar-refractivity contribution in [2.75, 3.05) is 52.5 Å². The normalized spacial score (nSPS) is 19.7. The number of ether oxygens (including phenoxy) is 1. The van der Waals surface area contributed by atoms with Crippen molar-refractivity contribution in [3.8, 4) is 0 Å². The van der Waals surface area contributed by atoms with Crippen LogP contribution in [0.2, 0.25) is 0 Å². The van der Waals surface area contributed by atoms with E-state index >= 15 is 0 Å². The second kappa shape index (κ2) is 11.2. The summed E-state index contributed by atoms with van der Waals surface area (Å²) < 4.78 is 18.6. The molecule has 0 unspecified atom stereocenters. The fraction of sp³-hybridized carbons (Fsp3) is 0.650. The van der Waals surface area contributed by atoms with Gasteiger partial charge in [-0.2, -0.15) is 0 Å². The topological polar surface area (TPSA) is 48.9 Å². The molecule has 2 fully saturated rings. The predicted octanol–water partition coefficient (Wildman–Crippen LogP) is 2.75. The number of aliphatic imine (C=N–C) groups is 1. The van der Waals surface area contributed by atoms with E-state index in [-0.39, 0.29) is 35.2 Å². The van der Waals surface area contributed by atoms with Crippen LogP contribution >= 0.6 is 24.0 Å². The van der Waals surface area contributed by atoms with Gasteiger partial charge in [0, 0.05) is 38.1 Å². The lowest BCUT2D eigenvalue weighted by Gasteiger charge is -2.41. The van der Waals surface area contributed by atoms with Gasteiger partial charge in [-0.3, -0.25) is 9.89 Å². The van der Waals surface area contributed by atoms with Crippen LogP contribution in [0.15, 0.2) is 29.3 Å².